The van der Waals surface area contributed by atoms with E-state index >= 15 is 0 Å². The van der Waals surface area contributed by atoms with E-state index in [1.54, 1.807) is 17.3 Å². The number of carbonyl (C=O) groups is 1. The zero-order valence-electron chi connectivity index (χ0n) is 13.0. The van der Waals surface area contributed by atoms with Crippen LogP contribution in [-0.2, 0) is 4.74 Å². The van der Waals surface area contributed by atoms with E-state index in [-0.39, 0.29) is 5.91 Å². The van der Waals surface area contributed by atoms with Crippen LogP contribution in [0.25, 0.3) is 0 Å². The molecule has 3 rings (SSSR count). The molecule has 1 amide bonds. The van der Waals surface area contributed by atoms with E-state index in [1.807, 2.05) is 0 Å². The van der Waals surface area contributed by atoms with Crippen LogP contribution in [0.2, 0.25) is 0 Å². The van der Waals surface area contributed by atoms with Gasteiger partial charge in [0.1, 0.15) is 0 Å². The van der Waals surface area contributed by atoms with E-state index in [0.29, 0.717) is 37.8 Å². The highest BCUT2D eigenvalue weighted by Crippen LogP contribution is 2.23. The minimum Gasteiger partial charge on any atom is -0.378 e. The Kier molecular flexibility index (Phi) is 5.21. The third-order valence-corrected chi connectivity index (χ3v) is 4.47. The Morgan fingerprint density at radius 1 is 1.18 bits per heavy atom. The van der Waals surface area contributed by atoms with Gasteiger partial charge < -0.3 is 15.0 Å². The molecule has 2 heterocycles. The van der Waals surface area contributed by atoms with Crippen molar-refractivity contribution in [1.29, 1.82) is 0 Å². The van der Waals surface area contributed by atoms with E-state index < -0.39 is 0 Å². The van der Waals surface area contributed by atoms with Gasteiger partial charge in [-0.25, -0.2) is 9.97 Å². The molecule has 22 heavy (non-hydrogen) atoms. The lowest BCUT2D eigenvalue weighted by Crippen LogP contribution is -2.40. The maximum absolute atomic E-state index is 12.3. The molecule has 1 N–H and O–H groups in total. The van der Waals surface area contributed by atoms with Gasteiger partial charge in [-0.05, 0) is 18.8 Å². The number of morpholine rings is 1. The molecule has 1 aromatic rings. The molecule has 120 valence electrons. The second-order valence-electron chi connectivity index (χ2n) is 6.08. The Morgan fingerprint density at radius 2 is 1.86 bits per heavy atom. The van der Waals surface area contributed by atoms with Gasteiger partial charge >= 0.3 is 0 Å². The predicted octanol–water partition coefficient (Wildman–Crippen LogP) is 1.94. The van der Waals surface area contributed by atoms with Gasteiger partial charge in [0.15, 0.2) is 0 Å². The summed E-state index contributed by atoms with van der Waals surface area (Å²) in [4.78, 5) is 22.6. The second kappa shape index (κ2) is 7.54. The number of hydrogen-bond acceptors (Lipinski definition) is 5. The summed E-state index contributed by atoms with van der Waals surface area (Å²) in [5, 5.41) is 3.29. The number of carbonyl (C=O) groups excluding carboxylic acids is 1. The van der Waals surface area contributed by atoms with Crippen LogP contribution in [0.3, 0.4) is 0 Å². The first-order valence-electron chi connectivity index (χ1n) is 8.26. The van der Waals surface area contributed by atoms with Crippen LogP contribution in [0.15, 0.2) is 12.4 Å². The van der Waals surface area contributed by atoms with Crippen LogP contribution < -0.4 is 5.32 Å². The maximum atomic E-state index is 12.3. The Hall–Kier alpha value is -1.69. The summed E-state index contributed by atoms with van der Waals surface area (Å²) in [6.45, 7) is 3.42. The van der Waals surface area contributed by atoms with Gasteiger partial charge in [0.25, 0.3) is 5.91 Å². The quantitative estimate of drug-likeness (QED) is 0.921. The maximum Gasteiger partial charge on any atom is 0.257 e. The van der Waals surface area contributed by atoms with Crippen molar-refractivity contribution in [2.45, 2.75) is 32.1 Å². The first kappa shape index (κ1) is 15.2. The van der Waals surface area contributed by atoms with Crippen molar-refractivity contribution in [3.05, 3.63) is 18.0 Å². The summed E-state index contributed by atoms with van der Waals surface area (Å²) in [6, 6.07) is 0. The first-order valence-corrected chi connectivity index (χ1v) is 8.26. The monoisotopic (exact) mass is 304 g/mol. The normalized spacial score (nSPS) is 19.9. The third kappa shape index (κ3) is 3.94. The molecule has 0 aromatic carbocycles. The molecule has 1 saturated heterocycles. The van der Waals surface area contributed by atoms with E-state index in [4.69, 9.17) is 4.74 Å². The van der Waals surface area contributed by atoms with Crippen molar-refractivity contribution >= 4 is 11.9 Å². The molecule has 1 aliphatic heterocycles. The SMILES string of the molecule is O=C(c1cnc(NCC2CCCCC2)nc1)N1CCOCC1. The second-order valence-corrected chi connectivity index (χ2v) is 6.08. The van der Waals surface area contributed by atoms with E-state index in [9.17, 15) is 4.79 Å². The zero-order valence-corrected chi connectivity index (χ0v) is 13.0. The summed E-state index contributed by atoms with van der Waals surface area (Å²) < 4.78 is 5.26. The Bertz CT molecular complexity index is 479. The van der Waals surface area contributed by atoms with Crippen molar-refractivity contribution < 1.29 is 9.53 Å². The van der Waals surface area contributed by atoms with Crippen LogP contribution in [0.4, 0.5) is 5.95 Å². The van der Waals surface area contributed by atoms with Gasteiger partial charge in [0, 0.05) is 32.0 Å². The number of anilines is 1. The summed E-state index contributed by atoms with van der Waals surface area (Å²) in [5.74, 6) is 1.33. The highest BCUT2D eigenvalue weighted by atomic mass is 16.5. The van der Waals surface area contributed by atoms with Gasteiger partial charge in [-0.2, -0.15) is 0 Å². The summed E-state index contributed by atoms with van der Waals surface area (Å²) in [5.41, 5.74) is 0.546. The fourth-order valence-electron chi connectivity index (χ4n) is 3.11. The third-order valence-electron chi connectivity index (χ3n) is 4.47. The molecular formula is C16H24N4O2. The Morgan fingerprint density at radius 3 is 2.55 bits per heavy atom. The lowest BCUT2D eigenvalue weighted by atomic mass is 9.89. The van der Waals surface area contributed by atoms with Gasteiger partial charge in [-0.3, -0.25) is 4.79 Å². The topological polar surface area (TPSA) is 67.4 Å². The Labute approximate surface area is 131 Å². The minimum absolute atomic E-state index is 0.0119. The highest BCUT2D eigenvalue weighted by molar-refractivity contribution is 5.93. The van der Waals surface area contributed by atoms with Crippen molar-refractivity contribution in [1.82, 2.24) is 14.9 Å². The molecule has 0 spiro atoms. The molecule has 0 atom stereocenters. The molecule has 2 aliphatic rings. The predicted molar refractivity (Wildman–Crippen MR) is 83.8 cm³/mol. The smallest absolute Gasteiger partial charge is 0.257 e. The summed E-state index contributed by atoms with van der Waals surface area (Å²) in [6.07, 6.45) is 9.86. The number of aromatic nitrogens is 2. The van der Waals surface area contributed by atoms with Gasteiger partial charge in [0.2, 0.25) is 5.95 Å². The average molecular weight is 304 g/mol. The van der Waals surface area contributed by atoms with Gasteiger partial charge in [0.05, 0.1) is 18.8 Å². The molecule has 0 radical (unpaired) electrons. The first-order chi connectivity index (χ1) is 10.8. The molecule has 0 unspecified atom stereocenters. The van der Waals surface area contributed by atoms with Gasteiger partial charge in [-0.15, -0.1) is 0 Å². The summed E-state index contributed by atoms with van der Waals surface area (Å²) in [7, 11) is 0. The van der Waals surface area contributed by atoms with E-state index in [2.05, 4.69) is 15.3 Å². The molecule has 1 saturated carbocycles. The number of nitrogens with one attached hydrogen (secondary N) is 1. The highest BCUT2D eigenvalue weighted by Gasteiger charge is 2.19. The number of ether oxygens (including phenoxy) is 1. The lowest BCUT2D eigenvalue weighted by molar-refractivity contribution is 0.0302. The van der Waals surface area contributed by atoms with Crippen molar-refractivity contribution in [3.63, 3.8) is 0 Å². The van der Waals surface area contributed by atoms with E-state index in [1.165, 1.54) is 32.1 Å². The lowest BCUT2D eigenvalue weighted by Gasteiger charge is -2.26. The number of hydrogen-bond donors (Lipinski definition) is 1. The van der Waals surface area contributed by atoms with Crippen LogP contribution >= 0.6 is 0 Å². The molecule has 1 aromatic heterocycles. The zero-order chi connectivity index (χ0) is 15.2. The van der Waals surface area contributed by atoms with Crippen molar-refractivity contribution in [2.75, 3.05) is 38.2 Å². The minimum atomic E-state index is -0.0119. The molecule has 0 bridgehead atoms. The Balaban J connectivity index is 1.51. The molecular weight excluding hydrogens is 280 g/mol. The van der Waals surface area contributed by atoms with Crippen LogP contribution in [-0.4, -0.2) is 53.6 Å². The molecule has 6 nitrogen and oxygen atoms in total. The number of amides is 1. The standard InChI is InChI=1S/C16H24N4O2/c21-15(20-6-8-22-9-7-20)14-11-18-16(19-12-14)17-10-13-4-2-1-3-5-13/h11-13H,1-10H2,(H,17,18,19). The van der Waals surface area contributed by atoms with Crippen LogP contribution in [0, 0.1) is 5.92 Å². The van der Waals surface area contributed by atoms with E-state index in [0.717, 1.165) is 12.5 Å². The fourth-order valence-corrected chi connectivity index (χ4v) is 3.11. The number of rotatable bonds is 4. The largest absolute Gasteiger partial charge is 0.378 e. The van der Waals surface area contributed by atoms with Crippen molar-refractivity contribution in [2.24, 2.45) is 5.92 Å². The van der Waals surface area contributed by atoms with Crippen molar-refractivity contribution in [3.8, 4) is 0 Å². The summed E-state index contributed by atoms with van der Waals surface area (Å²) >= 11 is 0. The average Bonchev–Trinajstić information content (AvgIpc) is 2.61. The van der Waals surface area contributed by atoms with Crippen LogP contribution in [0.1, 0.15) is 42.5 Å². The number of nitrogens with zero attached hydrogens (tertiary/aromatic N) is 3. The molecule has 1 aliphatic carbocycles. The molecule has 2 fully saturated rings. The fraction of sp³-hybridized carbons (Fsp3) is 0.688. The molecule has 6 heteroatoms. The van der Waals surface area contributed by atoms with Gasteiger partial charge in [-0.1, -0.05) is 19.3 Å². The van der Waals surface area contributed by atoms with Crippen LogP contribution in [0.5, 0.6) is 0 Å².